The summed E-state index contributed by atoms with van der Waals surface area (Å²) in [7, 11) is 0. The van der Waals surface area contributed by atoms with Crippen LogP contribution in [-0.2, 0) is 4.74 Å². The number of benzene rings is 1. The van der Waals surface area contributed by atoms with Gasteiger partial charge in [-0.05, 0) is 26.0 Å². The van der Waals surface area contributed by atoms with Crippen molar-refractivity contribution in [2.24, 2.45) is 0 Å². The first-order valence-corrected chi connectivity index (χ1v) is 5.39. The number of carbonyl (C=O) groups excluding carboxylic acids is 1. The van der Waals surface area contributed by atoms with Crippen LogP contribution in [0.1, 0.15) is 24.2 Å². The van der Waals surface area contributed by atoms with Crippen LogP contribution in [0.25, 0.3) is 0 Å². The summed E-state index contributed by atoms with van der Waals surface area (Å²) in [6.07, 6.45) is 0.0947. The summed E-state index contributed by atoms with van der Waals surface area (Å²) in [6, 6.07) is 3.41. The van der Waals surface area contributed by atoms with Gasteiger partial charge in [-0.15, -0.1) is 0 Å². The third-order valence-corrected chi connectivity index (χ3v) is 2.04. The summed E-state index contributed by atoms with van der Waals surface area (Å²) >= 11 is 0. The van der Waals surface area contributed by atoms with Crippen LogP contribution < -0.4 is 5.32 Å². The number of rotatable bonds is 5. The van der Waals surface area contributed by atoms with Crippen molar-refractivity contribution in [1.82, 2.24) is 5.32 Å². The molecule has 0 unspecified atom stereocenters. The molecule has 0 bridgehead atoms. The Bertz CT molecular complexity index is 393. The molecule has 5 heteroatoms. The van der Waals surface area contributed by atoms with Crippen LogP contribution in [0.3, 0.4) is 0 Å². The maximum Gasteiger partial charge on any atom is 0.254 e. The largest absolute Gasteiger partial charge is 0.508 e. The second kappa shape index (κ2) is 6.20. The highest BCUT2D eigenvalue weighted by Gasteiger charge is 2.11. The molecule has 1 aromatic carbocycles. The first-order chi connectivity index (χ1) is 8.00. The van der Waals surface area contributed by atoms with E-state index >= 15 is 0 Å². The van der Waals surface area contributed by atoms with Crippen molar-refractivity contribution in [3.05, 3.63) is 29.6 Å². The van der Waals surface area contributed by atoms with Crippen LogP contribution in [0.15, 0.2) is 18.2 Å². The third-order valence-electron chi connectivity index (χ3n) is 2.04. The molecule has 0 fully saturated rings. The van der Waals surface area contributed by atoms with Gasteiger partial charge in [-0.3, -0.25) is 4.79 Å². The molecule has 1 rings (SSSR count). The summed E-state index contributed by atoms with van der Waals surface area (Å²) in [6.45, 7) is 4.48. The fourth-order valence-corrected chi connectivity index (χ4v) is 1.24. The molecule has 0 spiro atoms. The monoisotopic (exact) mass is 241 g/mol. The number of hydrogen-bond donors (Lipinski definition) is 2. The van der Waals surface area contributed by atoms with Crippen molar-refractivity contribution < 1.29 is 19.0 Å². The van der Waals surface area contributed by atoms with Gasteiger partial charge in [0.2, 0.25) is 0 Å². The predicted molar refractivity (Wildman–Crippen MR) is 61.5 cm³/mol. The number of carbonyl (C=O) groups is 1. The molecule has 0 aliphatic rings. The van der Waals surface area contributed by atoms with Crippen LogP contribution in [-0.4, -0.2) is 30.3 Å². The average molecular weight is 241 g/mol. The molecule has 0 atom stereocenters. The maximum absolute atomic E-state index is 13.3. The van der Waals surface area contributed by atoms with Crippen molar-refractivity contribution in [2.75, 3.05) is 13.2 Å². The summed E-state index contributed by atoms with van der Waals surface area (Å²) < 4.78 is 18.5. The second-order valence-corrected chi connectivity index (χ2v) is 3.84. The van der Waals surface area contributed by atoms with E-state index in [2.05, 4.69) is 5.32 Å². The first-order valence-electron chi connectivity index (χ1n) is 5.39. The number of phenolic OH excluding ortho intramolecular Hbond substituents is 1. The Kier molecular flexibility index (Phi) is 4.90. The Morgan fingerprint density at radius 1 is 1.53 bits per heavy atom. The Hall–Kier alpha value is -1.62. The Balaban J connectivity index is 2.47. The van der Waals surface area contributed by atoms with E-state index in [-0.39, 0.29) is 17.4 Å². The van der Waals surface area contributed by atoms with Gasteiger partial charge in [-0.25, -0.2) is 4.39 Å². The quantitative estimate of drug-likeness (QED) is 0.771. The minimum atomic E-state index is -0.743. The van der Waals surface area contributed by atoms with Crippen molar-refractivity contribution in [3.63, 3.8) is 0 Å². The molecule has 0 aliphatic heterocycles. The van der Waals surface area contributed by atoms with Gasteiger partial charge in [-0.2, -0.15) is 0 Å². The lowest BCUT2D eigenvalue weighted by atomic mass is 10.2. The lowest BCUT2D eigenvalue weighted by molar-refractivity contribution is 0.0745. The molecular formula is C12H16FNO3. The molecular weight excluding hydrogens is 225 g/mol. The van der Waals surface area contributed by atoms with E-state index in [1.54, 1.807) is 0 Å². The zero-order chi connectivity index (χ0) is 12.8. The number of phenols is 1. The topological polar surface area (TPSA) is 58.6 Å². The standard InChI is InChI=1S/C12H16FNO3/c1-8(2)17-6-5-14-12(16)10-4-3-9(15)7-11(10)13/h3-4,7-8,15H,5-6H2,1-2H3,(H,14,16). The molecule has 0 saturated carbocycles. The summed E-state index contributed by atoms with van der Waals surface area (Å²) in [5.74, 6) is -1.47. The van der Waals surface area contributed by atoms with E-state index in [4.69, 9.17) is 9.84 Å². The van der Waals surface area contributed by atoms with E-state index < -0.39 is 11.7 Å². The van der Waals surface area contributed by atoms with Crippen LogP contribution >= 0.6 is 0 Å². The SMILES string of the molecule is CC(C)OCCNC(=O)c1ccc(O)cc1F. The van der Waals surface area contributed by atoms with Gasteiger partial charge in [0.25, 0.3) is 5.91 Å². The van der Waals surface area contributed by atoms with Crippen LogP contribution in [0.2, 0.25) is 0 Å². The second-order valence-electron chi connectivity index (χ2n) is 3.84. The Morgan fingerprint density at radius 3 is 2.82 bits per heavy atom. The number of nitrogens with one attached hydrogen (secondary N) is 1. The highest BCUT2D eigenvalue weighted by molar-refractivity contribution is 5.94. The molecule has 0 heterocycles. The van der Waals surface area contributed by atoms with Gasteiger partial charge < -0.3 is 15.2 Å². The minimum absolute atomic E-state index is 0.0904. The lowest BCUT2D eigenvalue weighted by Gasteiger charge is -2.09. The fraction of sp³-hybridized carbons (Fsp3) is 0.417. The van der Waals surface area contributed by atoms with Crippen molar-refractivity contribution >= 4 is 5.91 Å². The smallest absolute Gasteiger partial charge is 0.254 e. The van der Waals surface area contributed by atoms with Gasteiger partial charge in [-0.1, -0.05) is 0 Å². The van der Waals surface area contributed by atoms with Gasteiger partial charge in [0.15, 0.2) is 0 Å². The Labute approximate surface area is 99.4 Å². The normalized spacial score (nSPS) is 10.6. The molecule has 0 radical (unpaired) electrons. The number of hydrogen-bond acceptors (Lipinski definition) is 3. The van der Waals surface area contributed by atoms with Crippen molar-refractivity contribution in [2.45, 2.75) is 20.0 Å². The van der Waals surface area contributed by atoms with Crippen LogP contribution in [0.4, 0.5) is 4.39 Å². The highest BCUT2D eigenvalue weighted by Crippen LogP contribution is 2.14. The molecule has 2 N–H and O–H groups in total. The number of ether oxygens (including phenoxy) is 1. The van der Waals surface area contributed by atoms with Gasteiger partial charge in [0, 0.05) is 12.6 Å². The molecule has 4 nitrogen and oxygen atoms in total. The van der Waals surface area contributed by atoms with Crippen molar-refractivity contribution in [1.29, 1.82) is 0 Å². The summed E-state index contributed by atoms with van der Waals surface area (Å²) in [5, 5.41) is 11.5. The fourth-order valence-electron chi connectivity index (χ4n) is 1.24. The summed E-state index contributed by atoms with van der Waals surface area (Å²) in [5.41, 5.74) is -0.0904. The number of aromatic hydroxyl groups is 1. The molecule has 0 saturated heterocycles. The first kappa shape index (κ1) is 13.4. The zero-order valence-electron chi connectivity index (χ0n) is 9.87. The van der Waals surface area contributed by atoms with E-state index in [9.17, 15) is 9.18 Å². The molecule has 17 heavy (non-hydrogen) atoms. The van der Waals surface area contributed by atoms with Crippen molar-refractivity contribution in [3.8, 4) is 5.75 Å². The van der Waals surface area contributed by atoms with E-state index in [0.717, 1.165) is 6.07 Å². The highest BCUT2D eigenvalue weighted by atomic mass is 19.1. The van der Waals surface area contributed by atoms with Crippen LogP contribution in [0.5, 0.6) is 5.75 Å². The number of amides is 1. The van der Waals surface area contributed by atoms with E-state index in [1.165, 1.54) is 12.1 Å². The molecule has 1 aromatic rings. The summed E-state index contributed by atoms with van der Waals surface area (Å²) in [4.78, 5) is 11.5. The van der Waals surface area contributed by atoms with E-state index in [0.29, 0.717) is 13.2 Å². The molecule has 94 valence electrons. The minimum Gasteiger partial charge on any atom is -0.508 e. The van der Waals surface area contributed by atoms with E-state index in [1.807, 2.05) is 13.8 Å². The third kappa shape index (κ3) is 4.40. The van der Waals surface area contributed by atoms with Gasteiger partial charge >= 0.3 is 0 Å². The van der Waals surface area contributed by atoms with Gasteiger partial charge in [0.05, 0.1) is 18.3 Å². The Morgan fingerprint density at radius 2 is 2.24 bits per heavy atom. The molecule has 0 aromatic heterocycles. The number of halogens is 1. The predicted octanol–water partition coefficient (Wildman–Crippen LogP) is 1.69. The average Bonchev–Trinajstić information content (AvgIpc) is 2.23. The molecule has 0 aliphatic carbocycles. The van der Waals surface area contributed by atoms with Gasteiger partial charge in [0.1, 0.15) is 11.6 Å². The molecule has 1 amide bonds. The van der Waals surface area contributed by atoms with Crippen LogP contribution in [0, 0.1) is 5.82 Å². The maximum atomic E-state index is 13.3. The zero-order valence-corrected chi connectivity index (χ0v) is 9.87. The lowest BCUT2D eigenvalue weighted by Crippen LogP contribution is -2.28.